The van der Waals surface area contributed by atoms with Gasteiger partial charge in [-0.1, -0.05) is 22.0 Å². The smallest absolute Gasteiger partial charge is 0.307 e. The van der Waals surface area contributed by atoms with Crippen molar-refractivity contribution in [1.82, 2.24) is 4.90 Å². The minimum Gasteiger partial charge on any atom is -0.481 e. The molecular formula is C15H16BrNO3. The molecule has 2 atom stereocenters. The number of benzene rings is 1. The number of carbonyl (C=O) groups excluding carboxylic acids is 1. The number of aliphatic carboxylic acids is 1. The number of hydrogen-bond donors (Lipinski definition) is 1. The number of halogens is 1. The van der Waals surface area contributed by atoms with Crippen LogP contribution in [0.1, 0.15) is 24.0 Å². The molecule has 1 aliphatic heterocycles. The molecule has 1 amide bonds. The standard InChI is InChI=1S/C15H16BrNO3/c16-11-2-1-10-8-17(6-5-9(10)7-11)14(18)12-3-4-13(12)15(19)20/h1-2,7,12-13H,3-6,8H2,(H,19,20). The Morgan fingerprint density at radius 3 is 2.60 bits per heavy atom. The van der Waals surface area contributed by atoms with Crippen molar-refractivity contribution in [2.45, 2.75) is 25.8 Å². The second kappa shape index (κ2) is 5.20. The van der Waals surface area contributed by atoms with Crippen molar-refractivity contribution in [2.24, 2.45) is 11.8 Å². The van der Waals surface area contributed by atoms with Crippen LogP contribution < -0.4 is 0 Å². The lowest BCUT2D eigenvalue weighted by atomic mass is 9.72. The Labute approximate surface area is 125 Å². The van der Waals surface area contributed by atoms with Crippen LogP contribution in [0.25, 0.3) is 0 Å². The van der Waals surface area contributed by atoms with Gasteiger partial charge in [-0.15, -0.1) is 0 Å². The highest BCUT2D eigenvalue weighted by Gasteiger charge is 2.43. The third-order valence-corrected chi connectivity index (χ3v) is 4.89. The fourth-order valence-electron chi connectivity index (χ4n) is 3.04. The highest BCUT2D eigenvalue weighted by atomic mass is 79.9. The topological polar surface area (TPSA) is 57.6 Å². The minimum absolute atomic E-state index is 0.0113. The predicted molar refractivity (Wildman–Crippen MR) is 77.1 cm³/mol. The van der Waals surface area contributed by atoms with Gasteiger partial charge in [0.1, 0.15) is 0 Å². The molecule has 106 valence electrons. The fraction of sp³-hybridized carbons (Fsp3) is 0.467. The molecule has 2 aliphatic rings. The van der Waals surface area contributed by atoms with Gasteiger partial charge in [0.25, 0.3) is 0 Å². The van der Waals surface area contributed by atoms with Gasteiger partial charge >= 0.3 is 5.97 Å². The number of hydrogen-bond acceptors (Lipinski definition) is 2. The maximum atomic E-state index is 12.4. The molecular weight excluding hydrogens is 322 g/mol. The molecule has 20 heavy (non-hydrogen) atoms. The number of nitrogens with zero attached hydrogens (tertiary/aromatic N) is 1. The minimum atomic E-state index is -0.837. The van der Waals surface area contributed by atoms with Gasteiger partial charge < -0.3 is 10.0 Å². The van der Waals surface area contributed by atoms with E-state index >= 15 is 0 Å². The first-order valence-corrected chi connectivity index (χ1v) is 7.64. The highest BCUT2D eigenvalue weighted by Crippen LogP contribution is 2.37. The van der Waals surface area contributed by atoms with Gasteiger partial charge in [-0.25, -0.2) is 0 Å². The molecule has 4 nitrogen and oxygen atoms in total. The zero-order valence-electron chi connectivity index (χ0n) is 11.0. The molecule has 0 bridgehead atoms. The molecule has 1 aromatic carbocycles. The van der Waals surface area contributed by atoms with Crippen LogP contribution in [0.5, 0.6) is 0 Å². The van der Waals surface area contributed by atoms with E-state index in [4.69, 9.17) is 5.11 Å². The van der Waals surface area contributed by atoms with Crippen LogP contribution in [0.2, 0.25) is 0 Å². The Hall–Kier alpha value is -1.36. The van der Waals surface area contributed by atoms with Crippen LogP contribution in [0.4, 0.5) is 0 Å². The van der Waals surface area contributed by atoms with Gasteiger partial charge in [0.2, 0.25) is 5.91 Å². The lowest BCUT2D eigenvalue weighted by Gasteiger charge is -2.38. The van der Waals surface area contributed by atoms with E-state index in [0.717, 1.165) is 10.9 Å². The van der Waals surface area contributed by atoms with Crippen molar-refractivity contribution < 1.29 is 14.7 Å². The normalized spacial score (nSPS) is 24.8. The average Bonchev–Trinajstić information content (AvgIpc) is 2.36. The molecule has 1 aromatic rings. The van der Waals surface area contributed by atoms with Crippen molar-refractivity contribution >= 4 is 27.8 Å². The van der Waals surface area contributed by atoms with Crippen LogP contribution >= 0.6 is 15.9 Å². The van der Waals surface area contributed by atoms with E-state index < -0.39 is 11.9 Å². The predicted octanol–water partition coefficient (Wildman–Crippen LogP) is 2.44. The van der Waals surface area contributed by atoms with Gasteiger partial charge in [0, 0.05) is 17.6 Å². The van der Waals surface area contributed by atoms with Crippen LogP contribution in [-0.2, 0) is 22.6 Å². The summed E-state index contributed by atoms with van der Waals surface area (Å²) >= 11 is 3.46. The second-order valence-corrected chi connectivity index (χ2v) is 6.47. The molecule has 1 saturated carbocycles. The zero-order valence-corrected chi connectivity index (χ0v) is 12.6. The number of rotatable bonds is 2. The monoisotopic (exact) mass is 337 g/mol. The Balaban J connectivity index is 1.72. The van der Waals surface area contributed by atoms with Crippen LogP contribution in [0, 0.1) is 11.8 Å². The summed E-state index contributed by atoms with van der Waals surface area (Å²) in [6, 6.07) is 6.12. The number of carboxylic acids is 1. The van der Waals surface area contributed by atoms with Crippen LogP contribution in [-0.4, -0.2) is 28.4 Å². The molecule has 5 heteroatoms. The molecule has 1 heterocycles. The van der Waals surface area contributed by atoms with E-state index in [1.165, 1.54) is 11.1 Å². The first-order chi connectivity index (χ1) is 9.56. The molecule has 2 unspecified atom stereocenters. The molecule has 1 N–H and O–H groups in total. The average molecular weight is 338 g/mol. The second-order valence-electron chi connectivity index (χ2n) is 5.55. The zero-order chi connectivity index (χ0) is 14.3. The van der Waals surface area contributed by atoms with Gasteiger partial charge in [0.15, 0.2) is 0 Å². The molecule has 0 aromatic heterocycles. The third-order valence-electron chi connectivity index (χ3n) is 4.40. The van der Waals surface area contributed by atoms with E-state index in [1.807, 2.05) is 17.0 Å². The van der Waals surface area contributed by atoms with E-state index in [9.17, 15) is 9.59 Å². The summed E-state index contributed by atoms with van der Waals surface area (Å²) in [5, 5.41) is 9.06. The lowest BCUT2D eigenvalue weighted by Crippen LogP contribution is -2.47. The Morgan fingerprint density at radius 2 is 1.95 bits per heavy atom. The SMILES string of the molecule is O=C(O)C1CCC1C(=O)N1CCc2cc(Br)ccc2C1. The molecule has 1 fully saturated rings. The number of carbonyl (C=O) groups is 2. The third kappa shape index (κ3) is 2.35. The van der Waals surface area contributed by atoms with Gasteiger partial charge in [-0.3, -0.25) is 9.59 Å². The van der Waals surface area contributed by atoms with Gasteiger partial charge in [-0.2, -0.15) is 0 Å². The van der Waals surface area contributed by atoms with E-state index in [-0.39, 0.29) is 11.8 Å². The largest absolute Gasteiger partial charge is 0.481 e. The Bertz CT molecular complexity index is 572. The van der Waals surface area contributed by atoms with E-state index in [1.54, 1.807) is 0 Å². The van der Waals surface area contributed by atoms with E-state index in [0.29, 0.717) is 25.9 Å². The molecule has 0 radical (unpaired) electrons. The fourth-order valence-corrected chi connectivity index (χ4v) is 3.44. The Kier molecular flexibility index (Phi) is 3.54. The first-order valence-electron chi connectivity index (χ1n) is 6.85. The van der Waals surface area contributed by atoms with Crippen LogP contribution in [0.3, 0.4) is 0 Å². The van der Waals surface area contributed by atoms with Crippen molar-refractivity contribution in [3.8, 4) is 0 Å². The summed E-state index contributed by atoms with van der Waals surface area (Å²) in [6.07, 6.45) is 2.17. The quantitative estimate of drug-likeness (QED) is 0.901. The summed E-state index contributed by atoms with van der Waals surface area (Å²) in [6.45, 7) is 1.29. The summed E-state index contributed by atoms with van der Waals surface area (Å²) in [7, 11) is 0. The number of amides is 1. The van der Waals surface area contributed by atoms with Crippen molar-refractivity contribution in [3.63, 3.8) is 0 Å². The maximum Gasteiger partial charge on any atom is 0.307 e. The summed E-state index contributed by atoms with van der Waals surface area (Å²) in [4.78, 5) is 25.3. The highest BCUT2D eigenvalue weighted by molar-refractivity contribution is 9.10. The van der Waals surface area contributed by atoms with Crippen molar-refractivity contribution in [3.05, 3.63) is 33.8 Å². The molecule has 0 spiro atoms. The van der Waals surface area contributed by atoms with Gasteiger partial charge in [0.05, 0.1) is 11.8 Å². The molecule has 0 saturated heterocycles. The summed E-state index contributed by atoms with van der Waals surface area (Å²) in [5.74, 6) is -1.62. The summed E-state index contributed by atoms with van der Waals surface area (Å²) < 4.78 is 1.06. The molecule has 1 aliphatic carbocycles. The van der Waals surface area contributed by atoms with Gasteiger partial charge in [-0.05, 0) is 42.5 Å². The van der Waals surface area contributed by atoms with Crippen molar-refractivity contribution in [1.29, 1.82) is 0 Å². The first kappa shape index (κ1) is 13.6. The maximum absolute atomic E-state index is 12.4. The van der Waals surface area contributed by atoms with Crippen LogP contribution in [0.15, 0.2) is 22.7 Å². The number of fused-ring (bicyclic) bond motifs is 1. The van der Waals surface area contributed by atoms with E-state index in [2.05, 4.69) is 22.0 Å². The van der Waals surface area contributed by atoms with Crippen molar-refractivity contribution in [2.75, 3.05) is 6.54 Å². The number of carboxylic acid groups (broad SMARTS) is 1. The Morgan fingerprint density at radius 1 is 1.20 bits per heavy atom. The molecule has 3 rings (SSSR count). The summed E-state index contributed by atoms with van der Waals surface area (Å²) in [5.41, 5.74) is 2.44. The lowest BCUT2D eigenvalue weighted by molar-refractivity contribution is -0.157.